The molecule has 0 aliphatic rings. The van der Waals surface area contributed by atoms with Gasteiger partial charge in [-0.25, -0.2) is 5.09 Å². The van der Waals surface area contributed by atoms with E-state index in [2.05, 4.69) is 5.09 Å². The van der Waals surface area contributed by atoms with Crippen LogP contribution in [0.4, 0.5) is 0 Å². The Morgan fingerprint density at radius 1 is 1.03 bits per heavy atom. The van der Waals surface area contributed by atoms with E-state index in [4.69, 9.17) is 20.9 Å². The van der Waals surface area contributed by atoms with Crippen molar-refractivity contribution in [2.24, 2.45) is 0 Å². The number of para-hydroxylation sites is 1. The van der Waals surface area contributed by atoms with Crippen LogP contribution in [0.15, 0.2) is 77.7 Å². The van der Waals surface area contributed by atoms with E-state index >= 15 is 0 Å². The smallest absolute Gasteiger partial charge is 0.366 e. The third-order valence-electron chi connectivity index (χ3n) is 4.09. The number of carboxylic acid groups (broad SMARTS) is 1. The molecular weight excluding hydrogens is 423 g/mol. The highest BCUT2D eigenvalue weighted by Crippen LogP contribution is 2.45. The Bertz CT molecular complexity index is 1130. The van der Waals surface area contributed by atoms with Gasteiger partial charge in [0.2, 0.25) is 0 Å². The molecule has 0 spiro atoms. The Morgan fingerprint density at radius 2 is 1.63 bits per heavy atom. The molecule has 0 aliphatic heterocycles. The van der Waals surface area contributed by atoms with E-state index in [9.17, 15) is 14.7 Å². The van der Waals surface area contributed by atoms with Gasteiger partial charge in [-0.05, 0) is 55.8 Å². The molecule has 0 fully saturated rings. The van der Waals surface area contributed by atoms with Crippen LogP contribution in [0.3, 0.4) is 0 Å². The summed E-state index contributed by atoms with van der Waals surface area (Å²) in [5, 5.41) is 12.0. The maximum Gasteiger partial charge on any atom is 0.366 e. The zero-order valence-electron chi connectivity index (χ0n) is 16.4. The number of carboxylic acids is 1. The first kappa shape index (κ1) is 21.8. The van der Waals surface area contributed by atoms with Gasteiger partial charge in [0.05, 0.1) is 0 Å². The molecule has 2 aromatic carbocycles. The Kier molecular flexibility index (Phi) is 6.72. The fourth-order valence-electron chi connectivity index (χ4n) is 2.59. The van der Waals surface area contributed by atoms with E-state index < -0.39 is 18.7 Å². The average molecular weight is 444 g/mol. The number of hydrogen-bond donors (Lipinski definition) is 2. The van der Waals surface area contributed by atoms with E-state index in [-0.39, 0.29) is 5.56 Å². The number of pyridine rings is 1. The maximum absolute atomic E-state index is 12.1. The monoisotopic (exact) mass is 444 g/mol. The minimum absolute atomic E-state index is 0.149. The Balaban J connectivity index is 1.86. The fourth-order valence-corrected chi connectivity index (χ4v) is 5.10. The Hall–Kier alpha value is -2.93. The Morgan fingerprint density at radius 3 is 2.23 bits per heavy atom. The number of hydrogen-bond acceptors (Lipinski definition) is 5. The molecule has 1 aromatic heterocycles. The number of nitrogens with zero attached hydrogens (tertiary/aromatic N) is 1. The van der Waals surface area contributed by atoms with E-state index in [1.165, 1.54) is 17.6 Å². The van der Waals surface area contributed by atoms with Crippen molar-refractivity contribution in [3.8, 4) is 17.2 Å². The molecule has 0 bridgehead atoms. The molecule has 30 heavy (non-hydrogen) atoms. The summed E-state index contributed by atoms with van der Waals surface area (Å²) in [7, 11) is 0. The molecule has 1 unspecified atom stereocenters. The number of aromatic nitrogens is 1. The summed E-state index contributed by atoms with van der Waals surface area (Å²) in [6.07, 6.45) is 1.75. The van der Waals surface area contributed by atoms with Crippen molar-refractivity contribution in [3.63, 3.8) is 0 Å². The molecule has 0 saturated heterocycles. The van der Waals surface area contributed by atoms with Gasteiger partial charge >= 0.3 is 12.6 Å². The van der Waals surface area contributed by atoms with Crippen molar-refractivity contribution in [1.82, 2.24) is 9.65 Å². The lowest BCUT2D eigenvalue weighted by Crippen LogP contribution is -2.34. The zero-order valence-corrected chi connectivity index (χ0v) is 18.1. The van der Waals surface area contributed by atoms with Gasteiger partial charge in [-0.1, -0.05) is 24.3 Å². The molecule has 0 radical (unpaired) electrons. The van der Waals surface area contributed by atoms with Gasteiger partial charge in [-0.3, -0.25) is 14.2 Å². The quantitative estimate of drug-likeness (QED) is 0.510. The van der Waals surface area contributed by atoms with Gasteiger partial charge < -0.3 is 14.2 Å². The normalized spacial score (nSPS) is 13.8. The third-order valence-corrected chi connectivity index (χ3v) is 6.46. The van der Waals surface area contributed by atoms with Gasteiger partial charge in [-0.2, -0.15) is 0 Å². The van der Waals surface area contributed by atoms with Crippen LogP contribution in [0.2, 0.25) is 0 Å². The van der Waals surface area contributed by atoms with Crippen LogP contribution >= 0.6 is 6.64 Å². The van der Waals surface area contributed by atoms with Crippen molar-refractivity contribution < 1.29 is 18.9 Å². The number of nitrogens with one attached hydrogen (secondary N) is 1. The summed E-state index contributed by atoms with van der Waals surface area (Å²) in [6.45, 7) is 0.125. The lowest BCUT2D eigenvalue weighted by Gasteiger charge is -2.26. The molecular formula is C21H21N2O5PS. The summed E-state index contributed by atoms with van der Waals surface area (Å²) < 4.78 is 13.3. The van der Waals surface area contributed by atoms with Crippen LogP contribution < -0.4 is 19.7 Å². The lowest BCUT2D eigenvalue weighted by atomic mass is 10.2. The van der Waals surface area contributed by atoms with Gasteiger partial charge in [0, 0.05) is 29.8 Å². The predicted molar refractivity (Wildman–Crippen MR) is 119 cm³/mol. The second-order valence-corrected chi connectivity index (χ2v) is 9.65. The highest BCUT2D eigenvalue weighted by Gasteiger charge is 2.28. The number of aliphatic carboxylic acids is 1. The zero-order chi connectivity index (χ0) is 21.7. The number of rotatable bonds is 8. The van der Waals surface area contributed by atoms with Crippen molar-refractivity contribution in [3.05, 3.63) is 88.8 Å². The van der Waals surface area contributed by atoms with Crippen LogP contribution in [-0.4, -0.2) is 21.7 Å². The minimum Gasteiger partial charge on any atom is -0.480 e. The third kappa shape index (κ3) is 5.57. The standard InChI is InChI=1S/C21H21N2O5PS/c1-15-8-13-20(24)23(14-15)17-9-11-19(12-10-17)28-29(30,22-16(2)21(25)26)27-18-6-4-3-5-7-18/h3-14,16H,1-2H3,(H,22,30)(H,25,26)/t16-,29?/m0/s1. The van der Waals surface area contributed by atoms with Crippen molar-refractivity contribution in [1.29, 1.82) is 0 Å². The maximum atomic E-state index is 12.1. The van der Waals surface area contributed by atoms with Crippen LogP contribution in [0.1, 0.15) is 12.5 Å². The van der Waals surface area contributed by atoms with Gasteiger partial charge in [0.1, 0.15) is 17.5 Å². The molecule has 156 valence electrons. The molecule has 7 nitrogen and oxygen atoms in total. The first-order chi connectivity index (χ1) is 14.3. The summed E-state index contributed by atoms with van der Waals surface area (Å²) in [5.74, 6) is -0.212. The molecule has 9 heteroatoms. The van der Waals surface area contributed by atoms with Crippen molar-refractivity contribution >= 4 is 24.4 Å². The van der Waals surface area contributed by atoms with E-state index in [1.807, 2.05) is 13.0 Å². The number of benzene rings is 2. The highest BCUT2D eigenvalue weighted by molar-refractivity contribution is 8.09. The summed E-state index contributed by atoms with van der Waals surface area (Å²) in [6, 6.07) is 17.9. The molecule has 0 aliphatic carbocycles. The van der Waals surface area contributed by atoms with Gasteiger partial charge in [0.15, 0.2) is 0 Å². The van der Waals surface area contributed by atoms with Crippen LogP contribution in [-0.2, 0) is 16.6 Å². The lowest BCUT2D eigenvalue weighted by molar-refractivity contribution is -0.138. The molecule has 0 amide bonds. The van der Waals surface area contributed by atoms with Gasteiger partial charge in [0.25, 0.3) is 5.56 Å². The highest BCUT2D eigenvalue weighted by atomic mass is 32.5. The Labute approximate surface area is 179 Å². The van der Waals surface area contributed by atoms with E-state index in [1.54, 1.807) is 60.8 Å². The number of carbonyl (C=O) groups is 1. The van der Waals surface area contributed by atoms with Gasteiger partial charge in [-0.15, -0.1) is 0 Å². The number of aryl methyl sites for hydroxylation is 1. The predicted octanol–water partition coefficient (Wildman–Crippen LogP) is 3.89. The summed E-state index contributed by atoms with van der Waals surface area (Å²) in [4.78, 5) is 23.4. The molecule has 1 heterocycles. The topological polar surface area (TPSA) is 89.8 Å². The molecule has 3 rings (SSSR count). The minimum atomic E-state index is -3.24. The first-order valence-electron chi connectivity index (χ1n) is 9.10. The largest absolute Gasteiger partial charge is 0.480 e. The van der Waals surface area contributed by atoms with E-state index in [0.717, 1.165) is 5.56 Å². The van der Waals surface area contributed by atoms with E-state index in [0.29, 0.717) is 17.2 Å². The fraction of sp³-hybridized carbons (Fsp3) is 0.143. The molecule has 2 atom stereocenters. The van der Waals surface area contributed by atoms with Crippen molar-refractivity contribution in [2.45, 2.75) is 19.9 Å². The second-order valence-electron chi connectivity index (χ2n) is 6.59. The first-order valence-corrected chi connectivity index (χ1v) is 11.7. The SMILES string of the molecule is Cc1ccc(=O)n(-c2ccc(OP(=S)(N[C@@H](C)C(=O)O)Oc3ccccc3)cc2)c1. The second kappa shape index (κ2) is 9.26. The van der Waals surface area contributed by atoms with Crippen LogP contribution in [0.25, 0.3) is 5.69 Å². The molecule has 3 aromatic rings. The molecule has 0 saturated carbocycles. The summed E-state index contributed by atoms with van der Waals surface area (Å²) >= 11 is 5.56. The van der Waals surface area contributed by atoms with Crippen LogP contribution in [0.5, 0.6) is 11.5 Å². The average Bonchev–Trinajstić information content (AvgIpc) is 2.71. The summed E-state index contributed by atoms with van der Waals surface area (Å²) in [5.41, 5.74) is 1.47. The van der Waals surface area contributed by atoms with Crippen molar-refractivity contribution in [2.75, 3.05) is 0 Å². The molecule has 2 N–H and O–H groups in total. The van der Waals surface area contributed by atoms with Crippen LogP contribution in [0, 0.1) is 6.92 Å².